The lowest BCUT2D eigenvalue weighted by molar-refractivity contribution is 0.510. The third-order valence-corrected chi connectivity index (χ3v) is 3.51. The number of nitriles is 1. The number of nitrogens with zero attached hydrogens (tertiary/aromatic N) is 2. The van der Waals surface area contributed by atoms with E-state index < -0.39 is 22.9 Å². The van der Waals surface area contributed by atoms with E-state index in [1.165, 1.54) is 35.0 Å². The fourth-order valence-electron chi connectivity index (χ4n) is 2.38. The molecule has 0 aliphatic carbocycles. The van der Waals surface area contributed by atoms with Crippen molar-refractivity contribution in [3.8, 4) is 6.07 Å². The maximum atomic E-state index is 13.5. The molecule has 6 heteroatoms. The Balaban J connectivity index is 2.25. The van der Waals surface area contributed by atoms with Gasteiger partial charge in [-0.1, -0.05) is 12.1 Å². The second-order valence-electron chi connectivity index (χ2n) is 5.02. The van der Waals surface area contributed by atoms with E-state index >= 15 is 0 Å². The van der Waals surface area contributed by atoms with Gasteiger partial charge in [-0.05, 0) is 23.8 Å². The largest absolute Gasteiger partial charge is 0.341 e. The molecule has 0 fully saturated rings. The molecule has 0 amide bonds. The van der Waals surface area contributed by atoms with E-state index in [1.807, 2.05) is 0 Å². The lowest BCUT2D eigenvalue weighted by Crippen LogP contribution is -2.14. The van der Waals surface area contributed by atoms with Gasteiger partial charge in [-0.2, -0.15) is 5.26 Å². The minimum Gasteiger partial charge on any atom is -0.341 e. The van der Waals surface area contributed by atoms with Crippen molar-refractivity contribution in [1.82, 2.24) is 4.57 Å². The van der Waals surface area contributed by atoms with Crippen LogP contribution in [0.5, 0.6) is 0 Å². The van der Waals surface area contributed by atoms with Gasteiger partial charge in [0.25, 0.3) is 0 Å². The van der Waals surface area contributed by atoms with Crippen molar-refractivity contribution in [2.24, 2.45) is 0 Å². The SMILES string of the molecule is N#Cc1cn(Cc2ccc(F)cc2)c2cc(F)c(F)cc2c1=O. The second kappa shape index (κ2) is 5.61. The Morgan fingerprint density at radius 1 is 1.04 bits per heavy atom. The molecule has 0 aliphatic heterocycles. The normalized spacial score (nSPS) is 10.7. The standard InChI is InChI=1S/C17H9F3N2O/c18-12-3-1-10(2-4-12)8-22-9-11(7-21)17(23)13-5-14(19)15(20)6-16(13)22/h1-6,9H,8H2. The summed E-state index contributed by atoms with van der Waals surface area (Å²) in [6, 6.07) is 9.05. The Bertz CT molecular complexity index is 1000. The summed E-state index contributed by atoms with van der Waals surface area (Å²) >= 11 is 0. The van der Waals surface area contributed by atoms with Gasteiger partial charge in [-0.15, -0.1) is 0 Å². The zero-order valence-electron chi connectivity index (χ0n) is 11.7. The van der Waals surface area contributed by atoms with E-state index in [1.54, 1.807) is 6.07 Å². The number of halogens is 3. The average molecular weight is 314 g/mol. The molecule has 0 atom stereocenters. The molecule has 1 heterocycles. The van der Waals surface area contributed by atoms with Crippen molar-refractivity contribution < 1.29 is 13.2 Å². The van der Waals surface area contributed by atoms with Crippen LogP contribution in [0, 0.1) is 28.8 Å². The van der Waals surface area contributed by atoms with Gasteiger partial charge in [0.2, 0.25) is 5.43 Å². The summed E-state index contributed by atoms with van der Waals surface area (Å²) in [5, 5.41) is 8.97. The third kappa shape index (κ3) is 2.69. The van der Waals surface area contributed by atoms with Crippen LogP contribution in [0.25, 0.3) is 10.9 Å². The Labute approximate surface area is 128 Å². The predicted octanol–water partition coefficient (Wildman–Crippen LogP) is 3.34. The second-order valence-corrected chi connectivity index (χ2v) is 5.02. The van der Waals surface area contributed by atoms with Crippen molar-refractivity contribution in [2.75, 3.05) is 0 Å². The number of hydrogen-bond acceptors (Lipinski definition) is 2. The third-order valence-electron chi connectivity index (χ3n) is 3.51. The molecular weight excluding hydrogens is 305 g/mol. The van der Waals surface area contributed by atoms with Gasteiger partial charge in [-0.25, -0.2) is 13.2 Å². The maximum Gasteiger partial charge on any atom is 0.207 e. The van der Waals surface area contributed by atoms with Crippen LogP contribution in [-0.4, -0.2) is 4.57 Å². The fourth-order valence-corrected chi connectivity index (χ4v) is 2.38. The lowest BCUT2D eigenvalue weighted by atomic mass is 10.1. The predicted molar refractivity (Wildman–Crippen MR) is 78.3 cm³/mol. The first kappa shape index (κ1) is 14.9. The summed E-state index contributed by atoms with van der Waals surface area (Å²) < 4.78 is 41.4. The zero-order valence-corrected chi connectivity index (χ0v) is 11.7. The van der Waals surface area contributed by atoms with Gasteiger partial charge in [-0.3, -0.25) is 4.79 Å². The highest BCUT2D eigenvalue weighted by Gasteiger charge is 2.13. The molecule has 0 radical (unpaired) electrons. The summed E-state index contributed by atoms with van der Waals surface area (Å²) in [7, 11) is 0. The molecule has 0 bridgehead atoms. The van der Waals surface area contributed by atoms with E-state index in [-0.39, 0.29) is 23.0 Å². The molecule has 0 saturated carbocycles. The van der Waals surface area contributed by atoms with Crippen LogP contribution in [0.1, 0.15) is 11.1 Å². The van der Waals surface area contributed by atoms with Crippen molar-refractivity contribution in [3.63, 3.8) is 0 Å². The van der Waals surface area contributed by atoms with Crippen LogP contribution < -0.4 is 5.43 Å². The molecule has 3 rings (SSSR count). The summed E-state index contributed by atoms with van der Waals surface area (Å²) in [6.45, 7) is 0.177. The molecule has 2 aromatic carbocycles. The first-order valence-electron chi connectivity index (χ1n) is 6.66. The van der Waals surface area contributed by atoms with Gasteiger partial charge >= 0.3 is 0 Å². The van der Waals surface area contributed by atoms with Crippen LogP contribution in [0.15, 0.2) is 47.4 Å². The fraction of sp³-hybridized carbons (Fsp3) is 0.0588. The summed E-state index contributed by atoms with van der Waals surface area (Å²) in [5.41, 5.74) is 0.0181. The Hall–Kier alpha value is -3.07. The number of fused-ring (bicyclic) bond motifs is 1. The van der Waals surface area contributed by atoms with E-state index in [4.69, 9.17) is 5.26 Å². The van der Waals surface area contributed by atoms with E-state index in [0.717, 1.165) is 12.1 Å². The molecule has 0 unspecified atom stereocenters. The molecule has 0 aliphatic rings. The highest BCUT2D eigenvalue weighted by Crippen LogP contribution is 2.18. The first-order valence-corrected chi connectivity index (χ1v) is 6.66. The molecule has 114 valence electrons. The topological polar surface area (TPSA) is 45.8 Å². The number of rotatable bonds is 2. The molecule has 0 N–H and O–H groups in total. The Morgan fingerprint density at radius 2 is 1.70 bits per heavy atom. The minimum atomic E-state index is -1.15. The maximum absolute atomic E-state index is 13.5. The zero-order chi connectivity index (χ0) is 16.6. The van der Waals surface area contributed by atoms with Crippen LogP contribution in [-0.2, 0) is 6.54 Å². The Kier molecular flexibility index (Phi) is 3.62. The van der Waals surface area contributed by atoms with Crippen LogP contribution in [0.3, 0.4) is 0 Å². The molecule has 0 saturated heterocycles. The molecule has 23 heavy (non-hydrogen) atoms. The summed E-state index contributed by atoms with van der Waals surface area (Å²) in [6.07, 6.45) is 1.28. The van der Waals surface area contributed by atoms with E-state index in [2.05, 4.69) is 0 Å². The highest BCUT2D eigenvalue weighted by atomic mass is 19.2. The Morgan fingerprint density at radius 3 is 2.35 bits per heavy atom. The first-order chi connectivity index (χ1) is 11.0. The highest BCUT2D eigenvalue weighted by molar-refractivity contribution is 5.80. The summed E-state index contributed by atoms with van der Waals surface area (Å²) in [4.78, 5) is 12.1. The quantitative estimate of drug-likeness (QED) is 0.728. The lowest BCUT2D eigenvalue weighted by Gasteiger charge is -2.12. The number of hydrogen-bond donors (Lipinski definition) is 0. The number of pyridine rings is 1. The van der Waals surface area contributed by atoms with Gasteiger partial charge in [0.15, 0.2) is 11.6 Å². The summed E-state index contributed by atoms with van der Waals surface area (Å²) in [5.74, 6) is -2.64. The molecular formula is C17H9F3N2O. The van der Waals surface area contributed by atoms with Crippen LogP contribution in [0.2, 0.25) is 0 Å². The van der Waals surface area contributed by atoms with Gasteiger partial charge < -0.3 is 4.57 Å². The van der Waals surface area contributed by atoms with Crippen molar-refractivity contribution in [3.05, 3.63) is 81.4 Å². The van der Waals surface area contributed by atoms with E-state index in [0.29, 0.717) is 5.56 Å². The van der Waals surface area contributed by atoms with E-state index in [9.17, 15) is 18.0 Å². The van der Waals surface area contributed by atoms with Crippen molar-refractivity contribution in [2.45, 2.75) is 6.54 Å². The van der Waals surface area contributed by atoms with Gasteiger partial charge in [0.1, 0.15) is 17.4 Å². The van der Waals surface area contributed by atoms with Crippen molar-refractivity contribution >= 4 is 10.9 Å². The van der Waals surface area contributed by atoms with Gasteiger partial charge in [0, 0.05) is 18.8 Å². The monoisotopic (exact) mass is 314 g/mol. The average Bonchev–Trinajstić information content (AvgIpc) is 2.54. The molecule has 1 aromatic heterocycles. The number of benzene rings is 2. The molecule has 0 spiro atoms. The van der Waals surface area contributed by atoms with Gasteiger partial charge in [0.05, 0.1) is 10.9 Å². The molecule has 3 nitrogen and oxygen atoms in total. The van der Waals surface area contributed by atoms with Crippen LogP contribution >= 0.6 is 0 Å². The minimum absolute atomic E-state index is 0.0786. The smallest absolute Gasteiger partial charge is 0.207 e. The number of aromatic nitrogens is 1. The van der Waals surface area contributed by atoms with Crippen molar-refractivity contribution in [1.29, 1.82) is 5.26 Å². The van der Waals surface area contributed by atoms with Crippen LogP contribution in [0.4, 0.5) is 13.2 Å². The molecule has 3 aromatic rings.